The Morgan fingerprint density at radius 2 is 1.79 bits per heavy atom. The quantitative estimate of drug-likeness (QED) is 0.116. The largest absolute Gasteiger partial charge is 0.461 e. The molecule has 5 aliphatic rings. The molecule has 5 fully saturated rings. The summed E-state index contributed by atoms with van der Waals surface area (Å²) in [5.41, 5.74) is 0.819. The Kier molecular flexibility index (Phi) is 10.3. The third-order valence-corrected chi connectivity index (χ3v) is 11.4. The minimum Gasteiger partial charge on any atom is -0.461 e. The van der Waals surface area contributed by atoms with Crippen molar-refractivity contribution in [1.82, 2.24) is 9.97 Å². The number of anilines is 2. The SMILES string of the molecule is CC(=O)N(c1ccc(F)c(Cl)c1)c1ncnc2ccc(COC(=O)CCCCC(=O)O[C@@H]3O[C@@H]4O[C@@]5(C)CC[C@H]6[C@H](C)CC[C@@H]([C@H]3C)[C@@]46OO5)cc12. The second-order valence-corrected chi connectivity index (χ2v) is 15.0. The number of halogens is 2. The summed E-state index contributed by atoms with van der Waals surface area (Å²) in [6.07, 6.45) is 4.52. The average molecular weight is 740 g/mol. The number of carbonyl (C=O) groups excluding carboxylic acids is 3. The summed E-state index contributed by atoms with van der Waals surface area (Å²) in [6.45, 7) is 7.47. The molecule has 3 aromatic rings. The summed E-state index contributed by atoms with van der Waals surface area (Å²) in [7, 11) is 0. The minimum atomic E-state index is -0.913. The molecule has 0 unspecified atom stereocenters. The fourth-order valence-corrected chi connectivity index (χ4v) is 8.58. The standard InChI is InChI=1S/C38H43ClFN3O9/c1-21-9-12-28-22(2)35(49-36-38(28)27(21)15-16-37(4,50-36)51-52-38)48-33(46)8-6-5-7-32(45)47-19-24-10-14-31-26(17-24)34(42-20-41-31)43(23(3)44)25-11-13-30(40)29(39)18-25/h10-11,13-14,17-18,20-22,27-28,35-36H,5-9,12,15-16,19H2,1-4H3/t21-,22-,27+,28+,35-,36-,37-,38-/m1/s1. The first kappa shape index (κ1) is 36.6. The Morgan fingerprint density at radius 1 is 1.00 bits per heavy atom. The van der Waals surface area contributed by atoms with Gasteiger partial charge in [0.1, 0.15) is 18.8 Å². The van der Waals surface area contributed by atoms with Crippen LogP contribution in [0.15, 0.2) is 42.7 Å². The summed E-state index contributed by atoms with van der Waals surface area (Å²) in [5.74, 6) is -1.86. The lowest BCUT2D eigenvalue weighted by Crippen LogP contribution is -2.70. The fraction of sp³-hybridized carbons (Fsp3) is 0.553. The van der Waals surface area contributed by atoms with Crippen molar-refractivity contribution >= 4 is 51.9 Å². The monoisotopic (exact) mass is 739 g/mol. The maximum absolute atomic E-state index is 13.8. The van der Waals surface area contributed by atoms with E-state index in [-0.39, 0.29) is 53.9 Å². The van der Waals surface area contributed by atoms with Crippen molar-refractivity contribution in [3.8, 4) is 0 Å². The van der Waals surface area contributed by atoms with Crippen LogP contribution in [0, 0.1) is 29.5 Å². The molecule has 5 heterocycles. The zero-order valence-corrected chi connectivity index (χ0v) is 30.4. The average Bonchev–Trinajstić information content (AvgIpc) is 3.35. The van der Waals surface area contributed by atoms with E-state index >= 15 is 0 Å². The number of unbranched alkanes of at least 4 members (excludes halogenated alkanes) is 1. The number of fused-ring (bicyclic) bond motifs is 3. The molecule has 1 saturated carbocycles. The third-order valence-electron chi connectivity index (χ3n) is 11.1. The molecule has 4 aliphatic heterocycles. The van der Waals surface area contributed by atoms with Gasteiger partial charge in [0.05, 0.1) is 16.2 Å². The molecule has 1 aliphatic carbocycles. The van der Waals surface area contributed by atoms with Crippen molar-refractivity contribution in [2.45, 2.75) is 110 Å². The van der Waals surface area contributed by atoms with Crippen LogP contribution in [0.25, 0.3) is 10.9 Å². The number of carbonyl (C=O) groups is 3. The molecule has 1 aromatic heterocycles. The molecule has 0 radical (unpaired) electrons. The number of rotatable bonds is 10. The number of benzene rings is 2. The van der Waals surface area contributed by atoms with Crippen molar-refractivity contribution in [3.05, 3.63) is 59.1 Å². The molecular weight excluding hydrogens is 697 g/mol. The zero-order valence-electron chi connectivity index (χ0n) is 29.6. The van der Waals surface area contributed by atoms with Gasteiger partial charge in [0, 0.05) is 43.4 Å². The predicted octanol–water partition coefficient (Wildman–Crippen LogP) is 7.46. The molecule has 8 rings (SSSR count). The van der Waals surface area contributed by atoms with Crippen molar-refractivity contribution < 1.29 is 47.5 Å². The number of nitrogens with zero attached hydrogens (tertiary/aromatic N) is 3. The van der Waals surface area contributed by atoms with E-state index in [2.05, 4.69) is 16.9 Å². The number of hydrogen-bond acceptors (Lipinski definition) is 11. The second kappa shape index (κ2) is 14.6. The molecule has 0 N–H and O–H groups in total. The Morgan fingerprint density at radius 3 is 2.56 bits per heavy atom. The molecule has 2 aromatic carbocycles. The van der Waals surface area contributed by atoms with Crippen molar-refractivity contribution in [2.75, 3.05) is 4.90 Å². The predicted molar refractivity (Wildman–Crippen MR) is 185 cm³/mol. The second-order valence-electron chi connectivity index (χ2n) is 14.6. The number of ether oxygens (including phenoxy) is 4. The van der Waals surface area contributed by atoms with Gasteiger partial charge in [0.15, 0.2) is 17.7 Å². The summed E-state index contributed by atoms with van der Waals surface area (Å²) in [5, 5.41) is 0.397. The summed E-state index contributed by atoms with van der Waals surface area (Å²) in [4.78, 5) is 60.3. The molecule has 2 bridgehead atoms. The molecule has 1 amide bonds. The molecule has 52 heavy (non-hydrogen) atoms. The van der Waals surface area contributed by atoms with E-state index in [1.54, 1.807) is 18.2 Å². The number of aromatic nitrogens is 2. The number of amides is 1. The van der Waals surface area contributed by atoms with Gasteiger partial charge in [-0.05, 0) is 86.8 Å². The van der Waals surface area contributed by atoms with Crippen LogP contribution in [0.1, 0.15) is 84.6 Å². The van der Waals surface area contributed by atoms with Gasteiger partial charge in [0.2, 0.25) is 18.0 Å². The van der Waals surface area contributed by atoms with Gasteiger partial charge in [-0.25, -0.2) is 24.1 Å². The first-order valence-electron chi connectivity index (χ1n) is 17.9. The van der Waals surface area contributed by atoms with Gasteiger partial charge >= 0.3 is 11.9 Å². The first-order valence-corrected chi connectivity index (χ1v) is 18.3. The topological polar surface area (TPSA) is 136 Å². The van der Waals surface area contributed by atoms with Crippen molar-refractivity contribution in [1.29, 1.82) is 0 Å². The molecular formula is C38H43ClFN3O9. The Balaban J connectivity index is 0.912. The normalized spacial score (nSPS) is 30.7. The van der Waals surface area contributed by atoms with Crippen LogP contribution in [0.3, 0.4) is 0 Å². The van der Waals surface area contributed by atoms with Gasteiger partial charge in [0.25, 0.3) is 0 Å². The first-order chi connectivity index (χ1) is 24.9. The van der Waals surface area contributed by atoms with E-state index in [4.69, 9.17) is 40.3 Å². The van der Waals surface area contributed by atoms with E-state index < -0.39 is 41.7 Å². The lowest BCUT2D eigenvalue weighted by molar-refractivity contribution is -0.576. The maximum atomic E-state index is 13.8. The van der Waals surface area contributed by atoms with Crippen LogP contribution in [-0.2, 0) is 49.7 Å². The highest BCUT2D eigenvalue weighted by molar-refractivity contribution is 6.31. The molecule has 14 heteroatoms. The van der Waals surface area contributed by atoms with Crippen LogP contribution in [0.2, 0.25) is 5.02 Å². The van der Waals surface area contributed by atoms with Gasteiger partial charge < -0.3 is 18.9 Å². The Hall–Kier alpha value is -3.75. The fourth-order valence-electron chi connectivity index (χ4n) is 8.41. The van der Waals surface area contributed by atoms with Crippen LogP contribution < -0.4 is 4.90 Å². The summed E-state index contributed by atoms with van der Waals surface area (Å²) >= 11 is 5.99. The summed E-state index contributed by atoms with van der Waals surface area (Å²) < 4.78 is 37.9. The Labute approximate surface area is 306 Å². The lowest BCUT2D eigenvalue weighted by Gasteiger charge is -2.59. The van der Waals surface area contributed by atoms with E-state index in [1.807, 2.05) is 13.8 Å². The highest BCUT2D eigenvalue weighted by Crippen LogP contribution is 2.60. The molecule has 278 valence electrons. The molecule has 1 spiro atoms. The maximum Gasteiger partial charge on any atom is 0.308 e. The van der Waals surface area contributed by atoms with Crippen molar-refractivity contribution in [3.63, 3.8) is 0 Å². The highest BCUT2D eigenvalue weighted by atomic mass is 35.5. The number of hydrogen-bond donors (Lipinski definition) is 0. The smallest absolute Gasteiger partial charge is 0.308 e. The zero-order chi connectivity index (χ0) is 36.8. The van der Waals surface area contributed by atoms with E-state index in [0.717, 1.165) is 19.3 Å². The van der Waals surface area contributed by atoms with Crippen LogP contribution in [0.4, 0.5) is 15.9 Å². The van der Waals surface area contributed by atoms with Crippen LogP contribution >= 0.6 is 11.6 Å². The number of esters is 2. The van der Waals surface area contributed by atoms with E-state index in [0.29, 0.717) is 47.3 Å². The minimum absolute atomic E-state index is 0.0240. The van der Waals surface area contributed by atoms with Gasteiger partial charge in [-0.2, -0.15) is 0 Å². The van der Waals surface area contributed by atoms with E-state index in [9.17, 15) is 18.8 Å². The van der Waals surface area contributed by atoms with Gasteiger partial charge in [-0.1, -0.05) is 31.5 Å². The molecule has 8 atom stereocenters. The van der Waals surface area contributed by atoms with Crippen molar-refractivity contribution in [2.24, 2.45) is 23.7 Å². The van der Waals surface area contributed by atoms with Gasteiger partial charge in [-0.3, -0.25) is 19.3 Å². The van der Waals surface area contributed by atoms with E-state index in [1.165, 1.54) is 36.4 Å². The third kappa shape index (κ3) is 6.89. The molecule has 12 nitrogen and oxygen atoms in total. The highest BCUT2D eigenvalue weighted by Gasteiger charge is 2.69. The van der Waals surface area contributed by atoms with Gasteiger partial charge in [-0.15, -0.1) is 0 Å². The van der Waals surface area contributed by atoms with Crippen LogP contribution in [0.5, 0.6) is 0 Å². The molecule has 4 saturated heterocycles. The lowest BCUT2D eigenvalue weighted by atomic mass is 9.58. The Bertz CT molecular complexity index is 1870. The van der Waals surface area contributed by atoms with Crippen LogP contribution in [-0.4, -0.2) is 51.8 Å². The summed E-state index contributed by atoms with van der Waals surface area (Å²) in [6, 6.07) is 9.21.